The van der Waals surface area contributed by atoms with Crippen molar-refractivity contribution in [3.8, 4) is 0 Å². The normalized spacial score (nSPS) is 16.0. The number of aromatic nitrogens is 3. The van der Waals surface area contributed by atoms with Gasteiger partial charge in [-0.3, -0.25) is 14.4 Å². The van der Waals surface area contributed by atoms with E-state index in [1.165, 1.54) is 0 Å². The largest absolute Gasteiger partial charge is 0.360 e. The molecule has 3 heterocycles. The van der Waals surface area contributed by atoms with Crippen LogP contribution in [0.2, 0.25) is 0 Å². The lowest BCUT2D eigenvalue weighted by Crippen LogP contribution is -2.49. The second kappa shape index (κ2) is 6.54. The van der Waals surface area contributed by atoms with Gasteiger partial charge in [0, 0.05) is 37.9 Å². The summed E-state index contributed by atoms with van der Waals surface area (Å²) in [6.07, 6.45) is 0. The summed E-state index contributed by atoms with van der Waals surface area (Å²) in [6, 6.07) is 3.95. The molecule has 7 nitrogen and oxygen atoms in total. The number of carbonyl (C=O) groups is 1. The first-order chi connectivity index (χ1) is 11.0. The Morgan fingerprint density at radius 1 is 1.13 bits per heavy atom. The van der Waals surface area contributed by atoms with Crippen LogP contribution in [-0.2, 0) is 17.9 Å². The molecule has 124 valence electrons. The van der Waals surface area contributed by atoms with Crippen LogP contribution in [0, 0.1) is 20.8 Å². The van der Waals surface area contributed by atoms with Crippen LogP contribution in [0.3, 0.4) is 0 Å². The SMILES string of the molecule is Cc1cc(CN2CCN(C(=O)Cn3nc(C)cc3C)CC2)on1. The summed E-state index contributed by atoms with van der Waals surface area (Å²) in [4.78, 5) is 16.6. The van der Waals surface area contributed by atoms with E-state index in [1.807, 2.05) is 37.8 Å². The van der Waals surface area contributed by atoms with E-state index < -0.39 is 0 Å². The van der Waals surface area contributed by atoms with Crippen LogP contribution in [-0.4, -0.2) is 56.8 Å². The lowest BCUT2D eigenvalue weighted by Gasteiger charge is -2.34. The second-order valence-electron chi connectivity index (χ2n) is 6.18. The molecular weight excluding hydrogens is 294 g/mol. The standard InChI is InChI=1S/C16H23N5O2/c1-12-8-14(3)21(17-12)11-16(22)20-6-4-19(5-7-20)10-15-9-13(2)18-23-15/h8-9H,4-7,10-11H2,1-3H3. The van der Waals surface area contributed by atoms with E-state index >= 15 is 0 Å². The quantitative estimate of drug-likeness (QED) is 0.846. The molecule has 7 heteroatoms. The fraction of sp³-hybridized carbons (Fsp3) is 0.562. The highest BCUT2D eigenvalue weighted by molar-refractivity contribution is 5.76. The smallest absolute Gasteiger partial charge is 0.244 e. The molecule has 2 aromatic heterocycles. The Labute approximate surface area is 135 Å². The molecule has 0 spiro atoms. The van der Waals surface area contributed by atoms with E-state index in [0.717, 1.165) is 55.6 Å². The van der Waals surface area contributed by atoms with Crippen LogP contribution < -0.4 is 0 Å². The van der Waals surface area contributed by atoms with E-state index in [1.54, 1.807) is 4.68 Å². The monoisotopic (exact) mass is 317 g/mol. The maximum atomic E-state index is 12.4. The Morgan fingerprint density at radius 3 is 2.43 bits per heavy atom. The van der Waals surface area contributed by atoms with E-state index in [4.69, 9.17) is 4.52 Å². The Balaban J connectivity index is 1.50. The minimum absolute atomic E-state index is 0.131. The Kier molecular flexibility index (Phi) is 4.47. The Morgan fingerprint density at radius 2 is 1.87 bits per heavy atom. The first-order valence-electron chi connectivity index (χ1n) is 7.94. The highest BCUT2D eigenvalue weighted by Gasteiger charge is 2.22. The predicted molar refractivity (Wildman–Crippen MR) is 84.8 cm³/mol. The van der Waals surface area contributed by atoms with Crippen LogP contribution in [0.25, 0.3) is 0 Å². The lowest BCUT2D eigenvalue weighted by atomic mass is 10.3. The van der Waals surface area contributed by atoms with Gasteiger partial charge in [-0.1, -0.05) is 5.16 Å². The topological polar surface area (TPSA) is 67.4 Å². The minimum atomic E-state index is 0.131. The summed E-state index contributed by atoms with van der Waals surface area (Å²) >= 11 is 0. The van der Waals surface area contributed by atoms with E-state index in [2.05, 4.69) is 15.2 Å². The zero-order valence-electron chi connectivity index (χ0n) is 13.9. The van der Waals surface area contributed by atoms with Crippen molar-refractivity contribution in [2.75, 3.05) is 26.2 Å². The lowest BCUT2D eigenvalue weighted by molar-refractivity contribution is -0.133. The van der Waals surface area contributed by atoms with Gasteiger partial charge in [-0.25, -0.2) is 0 Å². The average molecular weight is 317 g/mol. The fourth-order valence-corrected chi connectivity index (χ4v) is 2.93. The second-order valence-corrected chi connectivity index (χ2v) is 6.18. The number of aryl methyl sites for hydroxylation is 3. The molecule has 2 aromatic rings. The summed E-state index contributed by atoms with van der Waals surface area (Å²) in [5.74, 6) is 1.01. The first-order valence-corrected chi connectivity index (χ1v) is 7.94. The van der Waals surface area contributed by atoms with Crippen LogP contribution in [0.5, 0.6) is 0 Å². The van der Waals surface area contributed by atoms with Gasteiger partial charge in [-0.15, -0.1) is 0 Å². The van der Waals surface area contributed by atoms with Crippen molar-refractivity contribution >= 4 is 5.91 Å². The van der Waals surface area contributed by atoms with Gasteiger partial charge in [-0.05, 0) is 26.8 Å². The van der Waals surface area contributed by atoms with Crippen LogP contribution in [0.15, 0.2) is 16.7 Å². The number of carbonyl (C=O) groups excluding carboxylic acids is 1. The molecule has 1 fully saturated rings. The van der Waals surface area contributed by atoms with Gasteiger partial charge in [0.25, 0.3) is 0 Å². The number of rotatable bonds is 4. The summed E-state index contributed by atoms with van der Waals surface area (Å²) in [7, 11) is 0. The molecule has 1 aliphatic heterocycles. The number of hydrogen-bond acceptors (Lipinski definition) is 5. The number of nitrogens with zero attached hydrogens (tertiary/aromatic N) is 5. The summed E-state index contributed by atoms with van der Waals surface area (Å²) in [5, 5.41) is 8.26. The van der Waals surface area contributed by atoms with Crippen molar-refractivity contribution in [1.82, 2.24) is 24.7 Å². The first kappa shape index (κ1) is 15.7. The van der Waals surface area contributed by atoms with E-state index in [9.17, 15) is 4.79 Å². The van der Waals surface area contributed by atoms with Crippen molar-refractivity contribution in [3.63, 3.8) is 0 Å². The molecule has 0 aliphatic carbocycles. The van der Waals surface area contributed by atoms with Crippen LogP contribution in [0.1, 0.15) is 22.8 Å². The van der Waals surface area contributed by atoms with Gasteiger partial charge in [0.1, 0.15) is 6.54 Å². The average Bonchev–Trinajstić information content (AvgIpc) is 3.05. The maximum Gasteiger partial charge on any atom is 0.244 e. The van der Waals surface area contributed by atoms with Gasteiger partial charge in [0.15, 0.2) is 5.76 Å². The molecule has 0 unspecified atom stereocenters. The van der Waals surface area contributed by atoms with Gasteiger partial charge in [0.2, 0.25) is 5.91 Å². The summed E-state index contributed by atoms with van der Waals surface area (Å²) < 4.78 is 7.03. The molecule has 0 saturated carbocycles. The molecule has 23 heavy (non-hydrogen) atoms. The van der Waals surface area contributed by atoms with Crippen LogP contribution in [0.4, 0.5) is 0 Å². The molecular formula is C16H23N5O2. The van der Waals surface area contributed by atoms with Gasteiger partial charge in [0.05, 0.1) is 17.9 Å². The highest BCUT2D eigenvalue weighted by atomic mass is 16.5. The predicted octanol–water partition coefficient (Wildman–Crippen LogP) is 1.14. The Hall–Kier alpha value is -2.15. The summed E-state index contributed by atoms with van der Waals surface area (Å²) in [5.41, 5.74) is 2.87. The van der Waals surface area contributed by atoms with Crippen molar-refractivity contribution < 1.29 is 9.32 Å². The minimum Gasteiger partial charge on any atom is -0.360 e. The molecule has 0 aromatic carbocycles. The number of hydrogen-bond donors (Lipinski definition) is 0. The van der Waals surface area contributed by atoms with Crippen molar-refractivity contribution in [2.45, 2.75) is 33.9 Å². The number of piperazine rings is 1. The fourth-order valence-electron chi connectivity index (χ4n) is 2.93. The number of amides is 1. The third-order valence-electron chi connectivity index (χ3n) is 4.17. The molecule has 1 aliphatic rings. The molecule has 0 atom stereocenters. The van der Waals surface area contributed by atoms with Gasteiger partial charge < -0.3 is 9.42 Å². The zero-order valence-corrected chi connectivity index (χ0v) is 13.9. The van der Waals surface area contributed by atoms with E-state index in [0.29, 0.717) is 6.54 Å². The zero-order chi connectivity index (χ0) is 16.4. The Bertz CT molecular complexity index is 682. The molecule has 0 N–H and O–H groups in total. The molecule has 0 radical (unpaired) electrons. The molecule has 0 bridgehead atoms. The van der Waals surface area contributed by atoms with Crippen molar-refractivity contribution in [2.24, 2.45) is 0 Å². The van der Waals surface area contributed by atoms with Crippen molar-refractivity contribution in [3.05, 3.63) is 35.0 Å². The van der Waals surface area contributed by atoms with E-state index in [-0.39, 0.29) is 5.91 Å². The van der Waals surface area contributed by atoms with Crippen LogP contribution >= 0.6 is 0 Å². The third-order valence-corrected chi connectivity index (χ3v) is 4.17. The molecule has 1 saturated heterocycles. The highest BCUT2D eigenvalue weighted by Crippen LogP contribution is 2.10. The van der Waals surface area contributed by atoms with Gasteiger partial charge >= 0.3 is 0 Å². The molecule has 1 amide bonds. The molecule has 3 rings (SSSR count). The van der Waals surface area contributed by atoms with Gasteiger partial charge in [-0.2, -0.15) is 5.10 Å². The van der Waals surface area contributed by atoms with Crippen molar-refractivity contribution in [1.29, 1.82) is 0 Å². The third kappa shape index (κ3) is 3.79. The maximum absolute atomic E-state index is 12.4. The summed E-state index contributed by atoms with van der Waals surface area (Å²) in [6.45, 7) is 10.1.